The summed E-state index contributed by atoms with van der Waals surface area (Å²) in [5.74, 6) is 1.46. The number of H-pyrrole nitrogens is 1. The quantitative estimate of drug-likeness (QED) is 0.474. The highest BCUT2D eigenvalue weighted by molar-refractivity contribution is 5.83. The van der Waals surface area contributed by atoms with Crippen molar-refractivity contribution < 1.29 is 0 Å². The van der Waals surface area contributed by atoms with Gasteiger partial charge in [-0.25, -0.2) is 19.9 Å². The molecule has 0 radical (unpaired) electrons. The number of aromatic nitrogens is 5. The van der Waals surface area contributed by atoms with E-state index in [9.17, 15) is 0 Å². The van der Waals surface area contributed by atoms with Crippen molar-refractivity contribution >= 4 is 22.8 Å². The molecule has 8 heteroatoms. The lowest BCUT2D eigenvalue weighted by atomic mass is 10.1. The Balaban J connectivity index is 1.34. The standard InChI is InChI=1S/C22H24N8/c1-15-10-19(26-14-25-15)17-2-3-18-20(12-17)28-22(27-18)29-21-11-16(4-5-24-21)13-30-8-6-23-7-9-30/h2-5,10-12,14,23H,6-9,13H2,1H3,(H2,24,27,28,29). The molecule has 4 aromatic rings. The molecule has 30 heavy (non-hydrogen) atoms. The van der Waals surface area contributed by atoms with Crippen LogP contribution < -0.4 is 10.6 Å². The van der Waals surface area contributed by atoms with Crippen molar-refractivity contribution in [3.63, 3.8) is 0 Å². The van der Waals surface area contributed by atoms with Crippen LogP contribution in [0.3, 0.4) is 0 Å². The Hall–Kier alpha value is -3.36. The van der Waals surface area contributed by atoms with Gasteiger partial charge >= 0.3 is 0 Å². The predicted octanol–water partition coefficient (Wildman–Crippen LogP) is 2.87. The number of piperazine rings is 1. The summed E-state index contributed by atoms with van der Waals surface area (Å²) in [6, 6.07) is 12.2. The van der Waals surface area contributed by atoms with Gasteiger partial charge in [-0.3, -0.25) is 4.90 Å². The van der Waals surface area contributed by atoms with Gasteiger partial charge in [0, 0.05) is 50.2 Å². The topological polar surface area (TPSA) is 94.7 Å². The van der Waals surface area contributed by atoms with E-state index in [2.05, 4.69) is 58.7 Å². The maximum Gasteiger partial charge on any atom is 0.206 e. The van der Waals surface area contributed by atoms with Gasteiger partial charge in [-0.15, -0.1) is 0 Å². The molecule has 152 valence electrons. The predicted molar refractivity (Wildman–Crippen MR) is 118 cm³/mol. The molecule has 4 heterocycles. The Labute approximate surface area is 174 Å². The first kappa shape index (κ1) is 18.7. The third-order valence-corrected chi connectivity index (χ3v) is 5.27. The molecule has 0 aliphatic carbocycles. The zero-order valence-corrected chi connectivity index (χ0v) is 16.9. The average molecular weight is 400 g/mol. The van der Waals surface area contributed by atoms with E-state index in [-0.39, 0.29) is 0 Å². The molecule has 0 saturated carbocycles. The SMILES string of the molecule is Cc1cc(-c2ccc3nc(Nc4cc(CN5CCNCC5)ccn4)[nH]c3c2)ncn1. The van der Waals surface area contributed by atoms with Gasteiger partial charge in [-0.1, -0.05) is 6.07 Å². The summed E-state index contributed by atoms with van der Waals surface area (Å²) in [5.41, 5.74) is 5.95. The minimum atomic E-state index is 0.674. The third kappa shape index (κ3) is 4.14. The molecule has 1 aliphatic rings. The van der Waals surface area contributed by atoms with Gasteiger partial charge in [0.1, 0.15) is 12.1 Å². The lowest BCUT2D eigenvalue weighted by Crippen LogP contribution is -2.42. The summed E-state index contributed by atoms with van der Waals surface area (Å²) >= 11 is 0. The van der Waals surface area contributed by atoms with Crippen molar-refractivity contribution in [1.29, 1.82) is 0 Å². The molecule has 0 spiro atoms. The largest absolute Gasteiger partial charge is 0.324 e. The minimum Gasteiger partial charge on any atom is -0.324 e. The molecule has 0 atom stereocenters. The molecule has 1 fully saturated rings. The van der Waals surface area contributed by atoms with E-state index >= 15 is 0 Å². The van der Waals surface area contributed by atoms with E-state index in [0.717, 1.165) is 66.5 Å². The second-order valence-electron chi connectivity index (χ2n) is 7.56. The van der Waals surface area contributed by atoms with Crippen LogP contribution >= 0.6 is 0 Å². The maximum atomic E-state index is 4.65. The van der Waals surface area contributed by atoms with Crippen molar-refractivity contribution in [2.45, 2.75) is 13.5 Å². The van der Waals surface area contributed by atoms with Crippen LogP contribution in [0, 0.1) is 6.92 Å². The minimum absolute atomic E-state index is 0.674. The van der Waals surface area contributed by atoms with Crippen LogP contribution in [0.1, 0.15) is 11.3 Å². The highest BCUT2D eigenvalue weighted by Crippen LogP contribution is 2.24. The first-order valence-corrected chi connectivity index (χ1v) is 10.2. The first-order valence-electron chi connectivity index (χ1n) is 10.2. The van der Waals surface area contributed by atoms with Crippen molar-refractivity contribution in [3.05, 3.63) is 60.2 Å². The number of anilines is 2. The number of nitrogens with zero attached hydrogens (tertiary/aromatic N) is 5. The Morgan fingerprint density at radius 3 is 2.80 bits per heavy atom. The van der Waals surface area contributed by atoms with Gasteiger partial charge < -0.3 is 15.6 Å². The van der Waals surface area contributed by atoms with Crippen LogP contribution in [0.15, 0.2) is 48.9 Å². The normalized spacial score (nSPS) is 14.8. The molecule has 0 bridgehead atoms. The smallest absolute Gasteiger partial charge is 0.206 e. The van der Waals surface area contributed by atoms with E-state index < -0.39 is 0 Å². The Kier molecular flexibility index (Phi) is 5.08. The van der Waals surface area contributed by atoms with Gasteiger partial charge in [0.15, 0.2) is 0 Å². The number of hydrogen-bond donors (Lipinski definition) is 3. The molecular formula is C22H24N8. The van der Waals surface area contributed by atoms with E-state index in [1.807, 2.05) is 31.3 Å². The number of benzene rings is 1. The van der Waals surface area contributed by atoms with Crippen LogP contribution in [0.5, 0.6) is 0 Å². The summed E-state index contributed by atoms with van der Waals surface area (Å²) in [4.78, 5) is 23.4. The van der Waals surface area contributed by atoms with Crippen molar-refractivity contribution in [3.8, 4) is 11.3 Å². The molecule has 3 N–H and O–H groups in total. The summed E-state index contributed by atoms with van der Waals surface area (Å²) in [5, 5.41) is 6.69. The highest BCUT2D eigenvalue weighted by atomic mass is 15.2. The summed E-state index contributed by atoms with van der Waals surface area (Å²) in [6.45, 7) is 7.13. The van der Waals surface area contributed by atoms with E-state index in [4.69, 9.17) is 0 Å². The molecule has 1 aromatic carbocycles. The zero-order chi connectivity index (χ0) is 20.3. The summed E-state index contributed by atoms with van der Waals surface area (Å²) < 4.78 is 0. The number of fused-ring (bicyclic) bond motifs is 1. The van der Waals surface area contributed by atoms with Gasteiger partial charge in [0.05, 0.1) is 16.7 Å². The van der Waals surface area contributed by atoms with Crippen molar-refractivity contribution in [2.24, 2.45) is 0 Å². The number of aromatic amines is 1. The van der Waals surface area contributed by atoms with E-state index in [1.165, 1.54) is 5.56 Å². The van der Waals surface area contributed by atoms with Crippen molar-refractivity contribution in [2.75, 3.05) is 31.5 Å². The fraction of sp³-hybridized carbons (Fsp3) is 0.273. The zero-order valence-electron chi connectivity index (χ0n) is 16.9. The third-order valence-electron chi connectivity index (χ3n) is 5.27. The monoisotopic (exact) mass is 400 g/mol. The fourth-order valence-electron chi connectivity index (χ4n) is 3.73. The van der Waals surface area contributed by atoms with Gasteiger partial charge in [-0.05, 0) is 42.8 Å². The Bertz CT molecular complexity index is 1160. The average Bonchev–Trinajstić information content (AvgIpc) is 3.16. The van der Waals surface area contributed by atoms with Crippen molar-refractivity contribution in [1.82, 2.24) is 35.1 Å². The first-order chi connectivity index (χ1) is 14.7. The molecule has 3 aromatic heterocycles. The van der Waals surface area contributed by atoms with Gasteiger partial charge in [0.25, 0.3) is 0 Å². The van der Waals surface area contributed by atoms with E-state index in [1.54, 1.807) is 6.33 Å². The fourth-order valence-corrected chi connectivity index (χ4v) is 3.73. The van der Waals surface area contributed by atoms with Crippen LogP contribution in [0.4, 0.5) is 11.8 Å². The van der Waals surface area contributed by atoms with Gasteiger partial charge in [-0.2, -0.15) is 0 Å². The second-order valence-corrected chi connectivity index (χ2v) is 7.56. The molecule has 1 saturated heterocycles. The summed E-state index contributed by atoms with van der Waals surface area (Å²) in [7, 11) is 0. The van der Waals surface area contributed by atoms with Crippen LogP contribution in [0.2, 0.25) is 0 Å². The number of pyridine rings is 1. The van der Waals surface area contributed by atoms with Crippen LogP contribution in [-0.4, -0.2) is 56.0 Å². The molecular weight excluding hydrogens is 376 g/mol. The number of hydrogen-bond acceptors (Lipinski definition) is 7. The van der Waals surface area contributed by atoms with Crippen LogP contribution in [0.25, 0.3) is 22.3 Å². The summed E-state index contributed by atoms with van der Waals surface area (Å²) in [6.07, 6.45) is 3.44. The van der Waals surface area contributed by atoms with E-state index in [0.29, 0.717) is 5.95 Å². The number of nitrogens with one attached hydrogen (secondary N) is 3. The number of aryl methyl sites for hydroxylation is 1. The molecule has 1 aliphatic heterocycles. The number of rotatable bonds is 5. The lowest BCUT2D eigenvalue weighted by molar-refractivity contribution is 0.233. The number of imidazole rings is 1. The molecule has 8 nitrogen and oxygen atoms in total. The molecule has 5 rings (SSSR count). The highest BCUT2D eigenvalue weighted by Gasteiger charge is 2.11. The van der Waals surface area contributed by atoms with Crippen LogP contribution in [-0.2, 0) is 6.54 Å². The molecule has 0 amide bonds. The maximum absolute atomic E-state index is 4.65. The Morgan fingerprint density at radius 1 is 1.03 bits per heavy atom. The lowest BCUT2D eigenvalue weighted by Gasteiger charge is -2.27. The van der Waals surface area contributed by atoms with Gasteiger partial charge in [0.2, 0.25) is 5.95 Å². The molecule has 0 unspecified atom stereocenters. The second kappa shape index (κ2) is 8.17. The Morgan fingerprint density at radius 2 is 1.93 bits per heavy atom.